The molecule has 0 bridgehead atoms. The molecule has 0 spiro atoms. The Labute approximate surface area is 118 Å². The molecule has 1 N–H and O–H groups in total. The van der Waals surface area contributed by atoms with Gasteiger partial charge < -0.3 is 14.8 Å². The molecular weight excluding hydrogens is 257 g/mol. The smallest absolute Gasteiger partial charge is 0.165 e. The van der Waals surface area contributed by atoms with Gasteiger partial charge in [-0.2, -0.15) is 0 Å². The summed E-state index contributed by atoms with van der Waals surface area (Å²) in [5.41, 5.74) is 1.81. The van der Waals surface area contributed by atoms with Gasteiger partial charge >= 0.3 is 0 Å². The zero-order valence-electron chi connectivity index (χ0n) is 11.8. The second-order valence-electron chi connectivity index (χ2n) is 4.49. The Morgan fingerprint density at radius 1 is 1.00 bits per heavy atom. The van der Waals surface area contributed by atoms with Crippen LogP contribution in [0.5, 0.6) is 11.5 Å². The molecule has 0 heterocycles. The van der Waals surface area contributed by atoms with E-state index in [1.54, 1.807) is 13.2 Å². The number of methoxy groups -OCH3 is 2. The van der Waals surface area contributed by atoms with Gasteiger partial charge in [-0.15, -0.1) is 0 Å². The van der Waals surface area contributed by atoms with Crippen molar-refractivity contribution in [2.45, 2.75) is 13.0 Å². The van der Waals surface area contributed by atoms with E-state index in [-0.39, 0.29) is 17.6 Å². The van der Waals surface area contributed by atoms with Crippen LogP contribution in [0.4, 0.5) is 10.1 Å². The van der Waals surface area contributed by atoms with Crippen LogP contribution in [0.1, 0.15) is 18.5 Å². The van der Waals surface area contributed by atoms with Gasteiger partial charge in [0, 0.05) is 11.7 Å². The molecule has 0 aromatic heterocycles. The molecule has 0 aliphatic carbocycles. The fraction of sp³-hybridized carbons (Fsp3) is 0.250. The molecule has 0 aliphatic rings. The number of nitrogens with one attached hydrogen (secondary N) is 1. The van der Waals surface area contributed by atoms with E-state index in [0.29, 0.717) is 0 Å². The van der Waals surface area contributed by atoms with E-state index in [1.807, 2.05) is 37.3 Å². The number of anilines is 1. The molecule has 0 fully saturated rings. The highest BCUT2D eigenvalue weighted by atomic mass is 19.1. The number of benzene rings is 2. The Morgan fingerprint density at radius 3 is 2.25 bits per heavy atom. The first-order valence-electron chi connectivity index (χ1n) is 6.38. The Balaban J connectivity index is 2.10. The fourth-order valence-corrected chi connectivity index (χ4v) is 1.97. The van der Waals surface area contributed by atoms with Crippen molar-refractivity contribution in [3.05, 3.63) is 53.8 Å². The van der Waals surface area contributed by atoms with Gasteiger partial charge in [-0.1, -0.05) is 6.07 Å². The van der Waals surface area contributed by atoms with Crippen LogP contribution < -0.4 is 14.8 Å². The summed E-state index contributed by atoms with van der Waals surface area (Å²) in [5.74, 6) is 0.706. The van der Waals surface area contributed by atoms with Crippen molar-refractivity contribution >= 4 is 5.69 Å². The first-order valence-corrected chi connectivity index (χ1v) is 6.38. The quantitative estimate of drug-likeness (QED) is 0.894. The second-order valence-corrected chi connectivity index (χ2v) is 4.49. The van der Waals surface area contributed by atoms with Gasteiger partial charge in [-0.25, -0.2) is 4.39 Å². The normalized spacial score (nSPS) is 11.8. The van der Waals surface area contributed by atoms with Crippen LogP contribution in [0.25, 0.3) is 0 Å². The molecule has 0 saturated heterocycles. The second kappa shape index (κ2) is 6.28. The number of rotatable bonds is 5. The largest absolute Gasteiger partial charge is 0.497 e. The SMILES string of the molecule is COc1ccc(NC(C)c2ccc(OC)c(F)c2)cc1. The molecule has 1 atom stereocenters. The van der Waals surface area contributed by atoms with E-state index in [9.17, 15) is 4.39 Å². The van der Waals surface area contributed by atoms with Crippen LogP contribution in [0, 0.1) is 5.82 Å². The van der Waals surface area contributed by atoms with Crippen molar-refractivity contribution in [2.24, 2.45) is 0 Å². The fourth-order valence-electron chi connectivity index (χ4n) is 1.97. The summed E-state index contributed by atoms with van der Waals surface area (Å²) in [4.78, 5) is 0. The third-order valence-electron chi connectivity index (χ3n) is 3.15. The number of halogens is 1. The van der Waals surface area contributed by atoms with E-state index >= 15 is 0 Å². The molecule has 3 nitrogen and oxygen atoms in total. The van der Waals surface area contributed by atoms with Crippen LogP contribution in [0.15, 0.2) is 42.5 Å². The van der Waals surface area contributed by atoms with Gasteiger partial charge in [0.1, 0.15) is 5.75 Å². The highest BCUT2D eigenvalue weighted by Crippen LogP contribution is 2.25. The van der Waals surface area contributed by atoms with Gasteiger partial charge in [-0.3, -0.25) is 0 Å². The lowest BCUT2D eigenvalue weighted by atomic mass is 10.1. The van der Waals surface area contributed by atoms with Gasteiger partial charge in [0.2, 0.25) is 0 Å². The van der Waals surface area contributed by atoms with Gasteiger partial charge in [0.05, 0.1) is 14.2 Å². The third kappa shape index (κ3) is 3.20. The van der Waals surface area contributed by atoms with Crippen LogP contribution in [0.3, 0.4) is 0 Å². The van der Waals surface area contributed by atoms with E-state index in [4.69, 9.17) is 9.47 Å². The maximum absolute atomic E-state index is 13.7. The average Bonchev–Trinajstić information content (AvgIpc) is 2.48. The maximum atomic E-state index is 13.7. The molecule has 1 unspecified atom stereocenters. The monoisotopic (exact) mass is 275 g/mol. The van der Waals surface area contributed by atoms with E-state index in [2.05, 4.69) is 5.32 Å². The highest BCUT2D eigenvalue weighted by molar-refractivity contribution is 5.48. The molecule has 20 heavy (non-hydrogen) atoms. The Bertz CT molecular complexity index is 569. The molecule has 0 amide bonds. The van der Waals surface area contributed by atoms with Gasteiger partial charge in [0.15, 0.2) is 11.6 Å². The van der Waals surface area contributed by atoms with Crippen LogP contribution in [-0.2, 0) is 0 Å². The molecular formula is C16H18FNO2. The lowest BCUT2D eigenvalue weighted by Crippen LogP contribution is -2.07. The predicted molar refractivity (Wildman–Crippen MR) is 78.0 cm³/mol. The highest BCUT2D eigenvalue weighted by Gasteiger charge is 2.09. The van der Waals surface area contributed by atoms with Crippen LogP contribution in [0.2, 0.25) is 0 Å². The summed E-state index contributed by atoms with van der Waals surface area (Å²) < 4.78 is 23.7. The minimum absolute atomic E-state index is 0.0104. The minimum atomic E-state index is -0.353. The maximum Gasteiger partial charge on any atom is 0.165 e. The topological polar surface area (TPSA) is 30.5 Å². The summed E-state index contributed by atoms with van der Waals surface area (Å²) >= 11 is 0. The molecule has 2 aromatic rings. The number of ether oxygens (including phenoxy) is 2. The third-order valence-corrected chi connectivity index (χ3v) is 3.15. The Kier molecular flexibility index (Phi) is 4.45. The van der Waals surface area contributed by atoms with Crippen LogP contribution >= 0.6 is 0 Å². The van der Waals surface area contributed by atoms with Crippen molar-refractivity contribution in [1.29, 1.82) is 0 Å². The molecule has 106 valence electrons. The van der Waals surface area contributed by atoms with E-state index in [0.717, 1.165) is 17.0 Å². The van der Waals surface area contributed by atoms with Crippen molar-refractivity contribution in [1.82, 2.24) is 0 Å². The molecule has 4 heteroatoms. The summed E-state index contributed by atoms with van der Waals surface area (Å²) in [7, 11) is 3.09. The summed E-state index contributed by atoms with van der Waals surface area (Å²) in [6.45, 7) is 1.98. The molecule has 0 saturated carbocycles. The lowest BCUT2D eigenvalue weighted by molar-refractivity contribution is 0.386. The zero-order chi connectivity index (χ0) is 14.5. The summed E-state index contributed by atoms with van der Waals surface area (Å²) in [6.07, 6.45) is 0. The minimum Gasteiger partial charge on any atom is -0.497 e. The number of hydrogen-bond acceptors (Lipinski definition) is 3. The standard InChI is InChI=1S/C16H18FNO2/c1-11(12-4-9-16(20-3)15(17)10-12)18-13-5-7-14(19-2)8-6-13/h4-11,18H,1-3H3. The first-order chi connectivity index (χ1) is 9.63. The molecule has 0 radical (unpaired) electrons. The van der Waals surface area contributed by atoms with E-state index < -0.39 is 0 Å². The summed E-state index contributed by atoms with van der Waals surface area (Å²) in [6, 6.07) is 12.6. The lowest BCUT2D eigenvalue weighted by Gasteiger charge is -2.16. The van der Waals surface area contributed by atoms with Crippen molar-refractivity contribution < 1.29 is 13.9 Å². The summed E-state index contributed by atoms with van der Waals surface area (Å²) in [5, 5.41) is 3.31. The van der Waals surface area contributed by atoms with Crippen molar-refractivity contribution in [3.8, 4) is 11.5 Å². The van der Waals surface area contributed by atoms with Gasteiger partial charge in [0.25, 0.3) is 0 Å². The first kappa shape index (κ1) is 14.2. The molecule has 2 aromatic carbocycles. The van der Waals surface area contributed by atoms with Crippen molar-refractivity contribution in [2.75, 3.05) is 19.5 Å². The molecule has 2 rings (SSSR count). The van der Waals surface area contributed by atoms with E-state index in [1.165, 1.54) is 13.2 Å². The Hall–Kier alpha value is -2.23. The van der Waals surface area contributed by atoms with Crippen molar-refractivity contribution in [3.63, 3.8) is 0 Å². The zero-order valence-corrected chi connectivity index (χ0v) is 11.8. The number of hydrogen-bond donors (Lipinski definition) is 1. The Morgan fingerprint density at radius 2 is 1.70 bits per heavy atom. The average molecular weight is 275 g/mol. The van der Waals surface area contributed by atoms with Gasteiger partial charge in [-0.05, 0) is 48.9 Å². The molecule has 0 aliphatic heterocycles. The van der Waals surface area contributed by atoms with Crippen LogP contribution in [-0.4, -0.2) is 14.2 Å². The predicted octanol–water partition coefficient (Wildman–Crippen LogP) is 4.02.